The van der Waals surface area contributed by atoms with E-state index < -0.39 is 0 Å². The Hall–Kier alpha value is -1.43. The Morgan fingerprint density at radius 2 is 2.29 bits per heavy atom. The molecular formula is C18H28N4OS. The summed E-state index contributed by atoms with van der Waals surface area (Å²) in [5.41, 5.74) is 0. The molecule has 3 rings (SSSR count). The van der Waals surface area contributed by atoms with Gasteiger partial charge in [-0.2, -0.15) is 11.8 Å². The van der Waals surface area contributed by atoms with E-state index in [0.717, 1.165) is 31.3 Å². The molecule has 132 valence electrons. The summed E-state index contributed by atoms with van der Waals surface area (Å²) in [4.78, 5) is 11.0. The smallest absolute Gasteiger partial charge is 0.193 e. The summed E-state index contributed by atoms with van der Waals surface area (Å²) in [7, 11) is 1.87. The van der Waals surface area contributed by atoms with Crippen molar-refractivity contribution >= 4 is 17.7 Å². The molecule has 1 aliphatic carbocycles. The Morgan fingerprint density at radius 3 is 3.04 bits per heavy atom. The standard InChI is InChI=1S/C18H28N4OS/c1-19-17(21-10-12-23-16-6-5-9-20-14-16)22-11-13-24-18(15-22)7-3-2-4-8-18/h5-6,9,14H,2-4,7-8,10-13,15H2,1H3,(H,19,21). The third-order valence-corrected chi connectivity index (χ3v) is 6.35. The van der Waals surface area contributed by atoms with Crippen molar-refractivity contribution in [3.05, 3.63) is 24.5 Å². The predicted molar refractivity (Wildman–Crippen MR) is 101 cm³/mol. The van der Waals surface area contributed by atoms with Gasteiger partial charge in [0.25, 0.3) is 0 Å². The highest BCUT2D eigenvalue weighted by Gasteiger charge is 2.38. The fraction of sp³-hybridized carbons (Fsp3) is 0.667. The monoisotopic (exact) mass is 348 g/mol. The molecule has 0 amide bonds. The molecule has 1 saturated carbocycles. The van der Waals surface area contributed by atoms with Gasteiger partial charge in [-0.05, 0) is 25.0 Å². The molecule has 0 unspecified atom stereocenters. The Kier molecular flexibility index (Phi) is 6.24. The molecule has 2 fully saturated rings. The zero-order valence-corrected chi connectivity index (χ0v) is 15.4. The lowest BCUT2D eigenvalue weighted by Gasteiger charge is -2.45. The van der Waals surface area contributed by atoms with Gasteiger partial charge < -0.3 is 15.0 Å². The highest BCUT2D eigenvalue weighted by Crippen LogP contribution is 2.42. The Labute approximate surface area is 149 Å². The second-order valence-corrected chi connectivity index (χ2v) is 8.09. The van der Waals surface area contributed by atoms with Gasteiger partial charge in [-0.1, -0.05) is 19.3 Å². The Balaban J connectivity index is 1.47. The fourth-order valence-electron chi connectivity index (χ4n) is 3.62. The predicted octanol–water partition coefficient (Wildman–Crippen LogP) is 2.79. The highest BCUT2D eigenvalue weighted by molar-refractivity contribution is 8.00. The number of ether oxygens (including phenoxy) is 1. The van der Waals surface area contributed by atoms with Gasteiger partial charge in [-0.15, -0.1) is 0 Å². The number of nitrogens with one attached hydrogen (secondary N) is 1. The van der Waals surface area contributed by atoms with Crippen LogP contribution in [0.15, 0.2) is 29.5 Å². The number of pyridine rings is 1. The van der Waals surface area contributed by atoms with Gasteiger partial charge in [0, 0.05) is 36.8 Å². The van der Waals surface area contributed by atoms with Crippen LogP contribution >= 0.6 is 11.8 Å². The third-order valence-electron chi connectivity index (χ3n) is 4.81. The molecule has 2 heterocycles. The normalized spacial score (nSPS) is 20.9. The van der Waals surface area contributed by atoms with Crippen LogP contribution in [0.4, 0.5) is 0 Å². The average Bonchev–Trinajstić information content (AvgIpc) is 2.63. The van der Waals surface area contributed by atoms with Crippen LogP contribution in [0, 0.1) is 0 Å². The summed E-state index contributed by atoms with van der Waals surface area (Å²) in [5, 5.41) is 3.45. The van der Waals surface area contributed by atoms with Crippen LogP contribution in [-0.2, 0) is 0 Å². The minimum Gasteiger partial charge on any atom is -0.490 e. The van der Waals surface area contributed by atoms with E-state index in [4.69, 9.17) is 4.74 Å². The maximum atomic E-state index is 5.70. The van der Waals surface area contributed by atoms with Crippen LogP contribution in [0.3, 0.4) is 0 Å². The van der Waals surface area contributed by atoms with E-state index in [9.17, 15) is 0 Å². The van der Waals surface area contributed by atoms with E-state index in [1.165, 1.54) is 37.9 Å². The lowest BCUT2D eigenvalue weighted by molar-refractivity contribution is 0.287. The van der Waals surface area contributed by atoms with Gasteiger partial charge in [0.05, 0.1) is 12.7 Å². The van der Waals surface area contributed by atoms with Crippen LogP contribution in [-0.4, -0.2) is 59.6 Å². The van der Waals surface area contributed by atoms with Gasteiger partial charge in [0.15, 0.2) is 5.96 Å². The first-order valence-corrected chi connectivity index (χ1v) is 9.92. The molecule has 5 nitrogen and oxygen atoms in total. The second-order valence-electron chi connectivity index (χ2n) is 6.52. The zero-order valence-electron chi connectivity index (χ0n) is 14.5. The van der Waals surface area contributed by atoms with E-state index >= 15 is 0 Å². The number of guanidine groups is 1. The molecule has 0 atom stereocenters. The number of aromatic nitrogens is 1. The molecule has 1 saturated heterocycles. The SMILES string of the molecule is CN=C(NCCOc1cccnc1)N1CCSC2(CCCCC2)C1. The molecule has 0 bridgehead atoms. The quantitative estimate of drug-likeness (QED) is 0.515. The van der Waals surface area contributed by atoms with Crippen molar-refractivity contribution in [2.24, 2.45) is 4.99 Å². The van der Waals surface area contributed by atoms with E-state index in [1.54, 1.807) is 12.4 Å². The van der Waals surface area contributed by atoms with Gasteiger partial charge >= 0.3 is 0 Å². The fourth-order valence-corrected chi connectivity index (χ4v) is 5.19. The Bertz CT molecular complexity index is 526. The molecule has 1 spiro atoms. The van der Waals surface area contributed by atoms with Crippen LogP contribution in [0.25, 0.3) is 0 Å². The van der Waals surface area contributed by atoms with Crippen LogP contribution < -0.4 is 10.1 Å². The molecule has 24 heavy (non-hydrogen) atoms. The second kappa shape index (κ2) is 8.60. The number of nitrogens with zero attached hydrogens (tertiary/aromatic N) is 3. The van der Waals surface area contributed by atoms with Gasteiger partial charge in [0.1, 0.15) is 12.4 Å². The average molecular weight is 349 g/mol. The minimum atomic E-state index is 0.459. The van der Waals surface area contributed by atoms with Crippen molar-refractivity contribution in [3.63, 3.8) is 0 Å². The van der Waals surface area contributed by atoms with Gasteiger partial charge in [-0.25, -0.2) is 0 Å². The van der Waals surface area contributed by atoms with E-state index in [1.807, 2.05) is 19.2 Å². The number of aliphatic imine (C=N–C) groups is 1. The summed E-state index contributed by atoms with van der Waals surface area (Å²) in [6, 6.07) is 3.81. The van der Waals surface area contributed by atoms with Crippen molar-refractivity contribution < 1.29 is 4.74 Å². The molecule has 0 radical (unpaired) electrons. The van der Waals surface area contributed by atoms with E-state index in [-0.39, 0.29) is 0 Å². The summed E-state index contributed by atoms with van der Waals surface area (Å²) in [6.07, 6.45) is 10.4. The molecule has 0 aromatic carbocycles. The van der Waals surface area contributed by atoms with Gasteiger partial charge in [-0.3, -0.25) is 9.98 Å². The van der Waals surface area contributed by atoms with Crippen molar-refractivity contribution in [3.8, 4) is 5.75 Å². The lowest BCUT2D eigenvalue weighted by Crippen LogP contribution is -2.53. The largest absolute Gasteiger partial charge is 0.490 e. The van der Waals surface area contributed by atoms with Crippen LogP contribution in [0.5, 0.6) is 5.75 Å². The van der Waals surface area contributed by atoms with Crippen LogP contribution in [0.2, 0.25) is 0 Å². The molecule has 2 aliphatic rings. The summed E-state index contributed by atoms with van der Waals surface area (Å²) >= 11 is 2.19. The summed E-state index contributed by atoms with van der Waals surface area (Å²) in [6.45, 7) is 3.56. The highest BCUT2D eigenvalue weighted by atomic mass is 32.2. The van der Waals surface area contributed by atoms with E-state index in [0.29, 0.717) is 11.4 Å². The molecule has 1 aromatic heterocycles. The first-order chi connectivity index (χ1) is 11.8. The third kappa shape index (κ3) is 4.56. The summed E-state index contributed by atoms with van der Waals surface area (Å²) < 4.78 is 6.15. The maximum absolute atomic E-state index is 5.70. The first-order valence-electron chi connectivity index (χ1n) is 8.94. The van der Waals surface area contributed by atoms with Crippen LogP contribution in [0.1, 0.15) is 32.1 Å². The number of thioether (sulfide) groups is 1. The van der Waals surface area contributed by atoms with Gasteiger partial charge in [0.2, 0.25) is 0 Å². The van der Waals surface area contributed by atoms with Crippen molar-refractivity contribution in [1.82, 2.24) is 15.2 Å². The Morgan fingerprint density at radius 1 is 1.42 bits per heavy atom. The number of hydrogen-bond donors (Lipinski definition) is 1. The number of rotatable bonds is 4. The first kappa shape index (κ1) is 17.4. The van der Waals surface area contributed by atoms with Crippen molar-refractivity contribution in [1.29, 1.82) is 0 Å². The molecule has 6 heteroatoms. The molecular weight excluding hydrogens is 320 g/mol. The maximum Gasteiger partial charge on any atom is 0.193 e. The topological polar surface area (TPSA) is 49.8 Å². The summed E-state index contributed by atoms with van der Waals surface area (Å²) in [5.74, 6) is 3.02. The lowest BCUT2D eigenvalue weighted by atomic mass is 9.87. The van der Waals surface area contributed by atoms with Crippen molar-refractivity contribution in [2.75, 3.05) is 39.0 Å². The number of hydrogen-bond acceptors (Lipinski definition) is 4. The van der Waals surface area contributed by atoms with Crippen molar-refractivity contribution in [2.45, 2.75) is 36.9 Å². The van der Waals surface area contributed by atoms with E-state index in [2.05, 4.69) is 32.0 Å². The molecule has 1 N–H and O–H groups in total. The zero-order chi connectivity index (χ0) is 16.7. The minimum absolute atomic E-state index is 0.459. The molecule has 1 aromatic rings. The molecule has 1 aliphatic heterocycles.